The number of hydrogen-bond acceptors (Lipinski definition) is 1. The Balaban J connectivity index is 2.65. The lowest BCUT2D eigenvalue weighted by atomic mass is 9.82. The summed E-state index contributed by atoms with van der Waals surface area (Å²) in [4.78, 5) is 4.11. The monoisotopic (exact) mass is 194 g/mol. The van der Waals surface area contributed by atoms with E-state index in [0.29, 0.717) is 11.5 Å². The van der Waals surface area contributed by atoms with Crippen molar-refractivity contribution in [1.82, 2.24) is 9.55 Å². The Labute approximate surface area is 87.4 Å². The lowest BCUT2D eigenvalue weighted by Crippen LogP contribution is -2.18. The van der Waals surface area contributed by atoms with Crippen LogP contribution in [-0.4, -0.2) is 9.55 Å². The Hall–Kier alpha value is -0.790. The van der Waals surface area contributed by atoms with Gasteiger partial charge in [-0.3, -0.25) is 0 Å². The van der Waals surface area contributed by atoms with Gasteiger partial charge in [0.2, 0.25) is 0 Å². The van der Waals surface area contributed by atoms with Crippen molar-refractivity contribution in [2.24, 2.45) is 5.41 Å². The van der Waals surface area contributed by atoms with Gasteiger partial charge in [0.15, 0.2) is 0 Å². The minimum Gasteiger partial charge on any atom is -0.334 e. The van der Waals surface area contributed by atoms with Crippen LogP contribution in [-0.2, 0) is 0 Å². The topological polar surface area (TPSA) is 17.8 Å². The van der Waals surface area contributed by atoms with Crippen LogP contribution < -0.4 is 0 Å². The zero-order chi connectivity index (χ0) is 10.6. The summed E-state index contributed by atoms with van der Waals surface area (Å²) >= 11 is 0. The van der Waals surface area contributed by atoms with E-state index in [1.165, 1.54) is 19.3 Å². The second-order valence-corrected chi connectivity index (χ2v) is 4.79. The molecule has 2 nitrogen and oxygen atoms in total. The Morgan fingerprint density at radius 3 is 2.50 bits per heavy atom. The maximum atomic E-state index is 4.11. The van der Waals surface area contributed by atoms with Crippen LogP contribution in [0.3, 0.4) is 0 Å². The van der Waals surface area contributed by atoms with E-state index >= 15 is 0 Å². The molecule has 0 saturated carbocycles. The molecular formula is C12H22N2. The molecule has 0 bridgehead atoms. The summed E-state index contributed by atoms with van der Waals surface area (Å²) < 4.78 is 2.23. The molecule has 0 amide bonds. The molecule has 0 fully saturated rings. The molecule has 0 radical (unpaired) electrons. The molecule has 1 aromatic rings. The van der Waals surface area contributed by atoms with Gasteiger partial charge in [0.05, 0.1) is 6.33 Å². The maximum absolute atomic E-state index is 4.11. The fourth-order valence-electron chi connectivity index (χ4n) is 1.73. The average Bonchev–Trinajstić information content (AvgIpc) is 2.67. The quantitative estimate of drug-likeness (QED) is 0.699. The predicted octanol–water partition coefficient (Wildman–Crippen LogP) is 3.66. The van der Waals surface area contributed by atoms with Crippen molar-refractivity contribution in [2.45, 2.75) is 53.0 Å². The van der Waals surface area contributed by atoms with Crippen molar-refractivity contribution in [2.75, 3.05) is 0 Å². The van der Waals surface area contributed by atoms with Crippen molar-refractivity contribution >= 4 is 0 Å². The van der Waals surface area contributed by atoms with Gasteiger partial charge in [-0.2, -0.15) is 0 Å². The molecule has 0 saturated heterocycles. The van der Waals surface area contributed by atoms with Crippen molar-refractivity contribution in [3.05, 3.63) is 18.7 Å². The highest BCUT2D eigenvalue weighted by Gasteiger charge is 2.21. The van der Waals surface area contributed by atoms with Crippen molar-refractivity contribution in [3.8, 4) is 0 Å². The minimum atomic E-state index is 0.435. The SMILES string of the molecule is CCC(CC(C)(C)CC)n1ccnc1. The highest BCUT2D eigenvalue weighted by molar-refractivity contribution is 4.83. The van der Waals surface area contributed by atoms with E-state index in [0.717, 1.165) is 0 Å². The fraction of sp³-hybridized carbons (Fsp3) is 0.750. The summed E-state index contributed by atoms with van der Waals surface area (Å²) in [6.45, 7) is 9.19. The van der Waals surface area contributed by atoms with Crippen molar-refractivity contribution in [3.63, 3.8) is 0 Å². The van der Waals surface area contributed by atoms with Crippen molar-refractivity contribution < 1.29 is 0 Å². The van der Waals surface area contributed by atoms with E-state index in [2.05, 4.69) is 43.4 Å². The summed E-state index contributed by atoms with van der Waals surface area (Å²) in [6, 6.07) is 0.604. The van der Waals surface area contributed by atoms with Crippen LogP contribution in [0, 0.1) is 5.41 Å². The lowest BCUT2D eigenvalue weighted by molar-refractivity contribution is 0.252. The third-order valence-electron chi connectivity index (χ3n) is 3.16. The van der Waals surface area contributed by atoms with Crippen molar-refractivity contribution in [1.29, 1.82) is 0 Å². The molecule has 1 atom stereocenters. The highest BCUT2D eigenvalue weighted by atomic mass is 15.0. The van der Waals surface area contributed by atoms with E-state index in [-0.39, 0.29) is 0 Å². The fourth-order valence-corrected chi connectivity index (χ4v) is 1.73. The smallest absolute Gasteiger partial charge is 0.0948 e. The second-order valence-electron chi connectivity index (χ2n) is 4.79. The van der Waals surface area contributed by atoms with Crippen LogP contribution in [0.2, 0.25) is 0 Å². The van der Waals surface area contributed by atoms with E-state index in [1.807, 2.05) is 12.5 Å². The molecule has 0 spiro atoms. The molecule has 1 rings (SSSR count). The highest BCUT2D eigenvalue weighted by Crippen LogP contribution is 2.32. The predicted molar refractivity (Wildman–Crippen MR) is 60.2 cm³/mol. The molecule has 1 heterocycles. The minimum absolute atomic E-state index is 0.435. The van der Waals surface area contributed by atoms with Gasteiger partial charge >= 0.3 is 0 Å². The Morgan fingerprint density at radius 1 is 1.36 bits per heavy atom. The molecule has 0 aliphatic carbocycles. The molecule has 1 aromatic heterocycles. The lowest BCUT2D eigenvalue weighted by Gasteiger charge is -2.28. The Bertz CT molecular complexity index is 249. The van der Waals surface area contributed by atoms with E-state index in [9.17, 15) is 0 Å². The van der Waals surface area contributed by atoms with Gasteiger partial charge < -0.3 is 4.57 Å². The number of aromatic nitrogens is 2. The second kappa shape index (κ2) is 4.63. The van der Waals surface area contributed by atoms with Crippen LogP contribution in [0.25, 0.3) is 0 Å². The first-order chi connectivity index (χ1) is 6.59. The first-order valence-corrected chi connectivity index (χ1v) is 5.56. The number of hydrogen-bond donors (Lipinski definition) is 0. The van der Waals surface area contributed by atoms with Gasteiger partial charge in [-0.1, -0.05) is 34.1 Å². The summed E-state index contributed by atoms with van der Waals surface area (Å²) in [6.07, 6.45) is 9.51. The van der Waals surface area contributed by atoms with E-state index < -0.39 is 0 Å². The summed E-state index contributed by atoms with van der Waals surface area (Å²) in [5.41, 5.74) is 0.435. The molecule has 1 unspecified atom stereocenters. The van der Waals surface area contributed by atoms with Gasteiger partial charge in [-0.15, -0.1) is 0 Å². The molecule has 0 aliphatic heterocycles. The normalized spacial score (nSPS) is 14.3. The van der Waals surface area contributed by atoms with Crippen LogP contribution in [0.4, 0.5) is 0 Å². The van der Waals surface area contributed by atoms with Gasteiger partial charge in [0, 0.05) is 18.4 Å². The van der Waals surface area contributed by atoms with Crippen LogP contribution in [0.5, 0.6) is 0 Å². The molecule has 14 heavy (non-hydrogen) atoms. The number of nitrogens with zero attached hydrogens (tertiary/aromatic N) is 2. The van der Waals surface area contributed by atoms with Crippen LogP contribution in [0.15, 0.2) is 18.7 Å². The summed E-state index contributed by atoms with van der Waals surface area (Å²) in [5, 5.41) is 0. The Morgan fingerprint density at radius 2 is 2.07 bits per heavy atom. The molecule has 2 heteroatoms. The van der Waals surface area contributed by atoms with Gasteiger partial charge in [-0.05, 0) is 18.3 Å². The first kappa shape index (κ1) is 11.3. The zero-order valence-electron chi connectivity index (χ0n) is 9.83. The summed E-state index contributed by atoms with van der Waals surface area (Å²) in [5.74, 6) is 0. The van der Waals surface area contributed by atoms with Gasteiger partial charge in [0.25, 0.3) is 0 Å². The maximum Gasteiger partial charge on any atom is 0.0948 e. The first-order valence-electron chi connectivity index (χ1n) is 5.56. The third-order valence-corrected chi connectivity index (χ3v) is 3.16. The zero-order valence-corrected chi connectivity index (χ0v) is 9.83. The summed E-state index contributed by atoms with van der Waals surface area (Å²) in [7, 11) is 0. The average molecular weight is 194 g/mol. The van der Waals surface area contributed by atoms with Crippen LogP contribution >= 0.6 is 0 Å². The number of rotatable bonds is 5. The van der Waals surface area contributed by atoms with Crippen LogP contribution in [0.1, 0.15) is 53.0 Å². The standard InChI is InChI=1S/C12H22N2/c1-5-11(9-12(3,4)6-2)14-8-7-13-10-14/h7-8,10-11H,5-6,9H2,1-4H3. The molecule has 0 aliphatic rings. The number of imidazole rings is 1. The third kappa shape index (κ3) is 2.86. The molecule has 0 aromatic carbocycles. The molecule has 0 N–H and O–H groups in total. The Kier molecular flexibility index (Phi) is 3.73. The van der Waals surface area contributed by atoms with E-state index in [4.69, 9.17) is 0 Å². The molecular weight excluding hydrogens is 172 g/mol. The van der Waals surface area contributed by atoms with E-state index in [1.54, 1.807) is 0 Å². The largest absolute Gasteiger partial charge is 0.334 e. The molecule has 80 valence electrons. The van der Waals surface area contributed by atoms with Gasteiger partial charge in [-0.25, -0.2) is 4.98 Å². The van der Waals surface area contributed by atoms with Gasteiger partial charge in [0.1, 0.15) is 0 Å².